The van der Waals surface area contributed by atoms with E-state index in [1.165, 1.54) is 0 Å². The van der Waals surface area contributed by atoms with Gasteiger partial charge >= 0.3 is 0 Å². The fourth-order valence-corrected chi connectivity index (χ4v) is 4.24. The van der Waals surface area contributed by atoms with E-state index in [9.17, 15) is 9.90 Å². The van der Waals surface area contributed by atoms with E-state index in [0.717, 1.165) is 53.6 Å². The molecule has 2 atom stereocenters. The highest BCUT2D eigenvalue weighted by Crippen LogP contribution is 2.25. The second kappa shape index (κ2) is 9.53. The number of benzene rings is 1. The molecule has 0 radical (unpaired) electrons. The third-order valence-corrected chi connectivity index (χ3v) is 6.17. The fraction of sp³-hybridized carbons (Fsp3) is 0.400. The average molecular weight is 435 g/mol. The van der Waals surface area contributed by atoms with Gasteiger partial charge in [-0.2, -0.15) is 5.10 Å². The molecule has 168 valence electrons. The van der Waals surface area contributed by atoms with Crippen LogP contribution in [0.3, 0.4) is 0 Å². The summed E-state index contributed by atoms with van der Waals surface area (Å²) in [6.07, 6.45) is 5.58. The lowest BCUT2D eigenvalue weighted by atomic mass is 9.92. The van der Waals surface area contributed by atoms with Gasteiger partial charge in [-0.1, -0.05) is 37.1 Å². The van der Waals surface area contributed by atoms with Crippen LogP contribution in [0.5, 0.6) is 5.88 Å². The summed E-state index contributed by atoms with van der Waals surface area (Å²) >= 11 is 0. The molecule has 0 spiro atoms. The molecule has 4 rings (SSSR count). The Morgan fingerprint density at radius 3 is 2.62 bits per heavy atom. The van der Waals surface area contributed by atoms with Crippen molar-refractivity contribution in [3.05, 3.63) is 65.0 Å². The van der Waals surface area contributed by atoms with E-state index in [2.05, 4.69) is 39.7 Å². The van der Waals surface area contributed by atoms with E-state index in [-0.39, 0.29) is 11.9 Å². The summed E-state index contributed by atoms with van der Waals surface area (Å²) in [6.45, 7) is 1.95. The van der Waals surface area contributed by atoms with Crippen LogP contribution < -0.4 is 10.1 Å². The largest absolute Gasteiger partial charge is 0.481 e. The minimum atomic E-state index is -0.503. The molecule has 32 heavy (non-hydrogen) atoms. The van der Waals surface area contributed by atoms with Crippen molar-refractivity contribution in [2.24, 2.45) is 7.05 Å². The topological polar surface area (TPSA) is 89.3 Å². The monoisotopic (exact) mass is 434 g/mol. The maximum Gasteiger partial charge on any atom is 0.270 e. The van der Waals surface area contributed by atoms with Gasteiger partial charge < -0.3 is 15.2 Å². The van der Waals surface area contributed by atoms with Crippen LogP contribution >= 0.6 is 0 Å². The van der Waals surface area contributed by atoms with E-state index in [4.69, 9.17) is 4.74 Å². The number of methoxy groups -OCH3 is 1. The number of ether oxygens (including phenoxy) is 1. The number of nitrogens with zero attached hydrogens (tertiary/aromatic N) is 3. The molecule has 2 aromatic heterocycles. The van der Waals surface area contributed by atoms with Crippen molar-refractivity contribution in [2.45, 2.75) is 51.2 Å². The lowest BCUT2D eigenvalue weighted by molar-refractivity contribution is 0.0713. The van der Waals surface area contributed by atoms with Crippen molar-refractivity contribution >= 4 is 5.91 Å². The predicted octanol–water partition coefficient (Wildman–Crippen LogP) is 3.42. The first-order valence-corrected chi connectivity index (χ1v) is 11.1. The van der Waals surface area contributed by atoms with Gasteiger partial charge in [0.15, 0.2) is 0 Å². The van der Waals surface area contributed by atoms with Gasteiger partial charge in [0.1, 0.15) is 5.69 Å². The van der Waals surface area contributed by atoms with Crippen molar-refractivity contribution in [2.75, 3.05) is 7.11 Å². The second-order valence-electron chi connectivity index (χ2n) is 8.48. The Hall–Kier alpha value is -3.19. The molecule has 7 nitrogen and oxygen atoms in total. The standard InChI is InChI=1S/C25H30N4O3/c1-16-19(14-17-8-10-18(11-9-17)20-12-13-29(2)28-20)15-22(27-25(16)32-3)24(31)26-21-6-4-5-7-23(21)30/h8-13,15,21,23,30H,4-7,14H2,1-3H3,(H,26,31)/t21-,23-/m0/s1. The summed E-state index contributed by atoms with van der Waals surface area (Å²) in [6, 6.07) is 11.9. The number of nitrogens with one attached hydrogen (secondary N) is 1. The number of carbonyl (C=O) groups is 1. The Balaban J connectivity index is 1.54. The Morgan fingerprint density at radius 1 is 1.22 bits per heavy atom. The van der Waals surface area contributed by atoms with Crippen molar-refractivity contribution < 1.29 is 14.6 Å². The molecule has 0 saturated heterocycles. The van der Waals surface area contributed by atoms with Crippen LogP contribution in [-0.4, -0.2) is 45.0 Å². The third kappa shape index (κ3) is 4.83. The summed E-state index contributed by atoms with van der Waals surface area (Å²) in [4.78, 5) is 17.3. The summed E-state index contributed by atoms with van der Waals surface area (Å²) in [5.41, 5.74) is 5.32. The normalized spacial score (nSPS) is 18.4. The highest BCUT2D eigenvalue weighted by molar-refractivity contribution is 5.93. The van der Waals surface area contributed by atoms with Gasteiger partial charge in [0.25, 0.3) is 5.91 Å². The van der Waals surface area contributed by atoms with Crippen LogP contribution in [-0.2, 0) is 13.5 Å². The number of aromatic nitrogens is 3. The minimum Gasteiger partial charge on any atom is -0.481 e. The van der Waals surface area contributed by atoms with Gasteiger partial charge in [-0.05, 0) is 49.4 Å². The first kappa shape index (κ1) is 22.0. The number of aliphatic hydroxyl groups excluding tert-OH is 1. The molecule has 2 N–H and O–H groups in total. The van der Waals surface area contributed by atoms with E-state index in [1.54, 1.807) is 11.8 Å². The Bertz CT molecular complexity index is 1090. The number of pyridine rings is 1. The van der Waals surface area contributed by atoms with Gasteiger partial charge in [0.05, 0.1) is 24.9 Å². The number of aryl methyl sites for hydroxylation is 1. The number of hydrogen-bond donors (Lipinski definition) is 2. The number of rotatable bonds is 6. The maximum atomic E-state index is 12.9. The number of carbonyl (C=O) groups excluding carboxylic acids is 1. The van der Waals surface area contributed by atoms with Crippen molar-refractivity contribution in [3.8, 4) is 17.1 Å². The number of aliphatic hydroxyl groups is 1. The molecule has 7 heteroatoms. The zero-order valence-electron chi connectivity index (χ0n) is 18.8. The molecule has 1 saturated carbocycles. The quantitative estimate of drug-likeness (QED) is 0.621. The fourth-order valence-electron chi connectivity index (χ4n) is 4.24. The molecule has 1 aliphatic rings. The van der Waals surface area contributed by atoms with E-state index >= 15 is 0 Å². The summed E-state index contributed by atoms with van der Waals surface area (Å²) in [7, 11) is 3.47. The zero-order chi connectivity index (χ0) is 22.7. The summed E-state index contributed by atoms with van der Waals surface area (Å²) in [5.74, 6) is 0.169. The Morgan fingerprint density at radius 2 is 1.97 bits per heavy atom. The average Bonchev–Trinajstić information content (AvgIpc) is 3.23. The van der Waals surface area contributed by atoms with Crippen molar-refractivity contribution in [1.29, 1.82) is 0 Å². The van der Waals surface area contributed by atoms with Gasteiger partial charge in [-0.25, -0.2) is 4.98 Å². The van der Waals surface area contributed by atoms with Crippen LogP contribution in [0.15, 0.2) is 42.6 Å². The Kier molecular flexibility index (Phi) is 6.55. The van der Waals surface area contributed by atoms with Crippen molar-refractivity contribution in [3.63, 3.8) is 0 Å². The molecule has 1 fully saturated rings. The summed E-state index contributed by atoms with van der Waals surface area (Å²) in [5, 5.41) is 17.6. The van der Waals surface area contributed by atoms with Crippen LogP contribution in [0.1, 0.15) is 52.9 Å². The number of amides is 1. The van der Waals surface area contributed by atoms with Crippen LogP contribution in [0.4, 0.5) is 0 Å². The SMILES string of the molecule is COc1nc(C(=O)N[C@H]2CCCC[C@@H]2O)cc(Cc2ccc(-c3ccn(C)n3)cc2)c1C. The van der Waals surface area contributed by atoms with Gasteiger partial charge in [0, 0.05) is 24.4 Å². The zero-order valence-corrected chi connectivity index (χ0v) is 18.8. The molecule has 1 aliphatic carbocycles. The number of hydrogen-bond acceptors (Lipinski definition) is 5. The first-order valence-electron chi connectivity index (χ1n) is 11.1. The molecular formula is C25H30N4O3. The highest BCUT2D eigenvalue weighted by Gasteiger charge is 2.26. The Labute approximate surface area is 188 Å². The molecule has 1 amide bonds. The second-order valence-corrected chi connectivity index (χ2v) is 8.48. The van der Waals surface area contributed by atoms with Crippen LogP contribution in [0.25, 0.3) is 11.3 Å². The van der Waals surface area contributed by atoms with E-state index in [0.29, 0.717) is 18.0 Å². The molecule has 2 heterocycles. The first-order chi connectivity index (χ1) is 15.4. The summed E-state index contributed by atoms with van der Waals surface area (Å²) < 4.78 is 7.24. The lowest BCUT2D eigenvalue weighted by Crippen LogP contribution is -2.45. The van der Waals surface area contributed by atoms with Gasteiger partial charge in [0.2, 0.25) is 5.88 Å². The van der Waals surface area contributed by atoms with E-state index in [1.807, 2.05) is 32.3 Å². The smallest absolute Gasteiger partial charge is 0.270 e. The van der Waals surface area contributed by atoms with Crippen LogP contribution in [0, 0.1) is 6.92 Å². The molecule has 3 aromatic rings. The molecule has 0 aliphatic heterocycles. The minimum absolute atomic E-state index is 0.229. The third-order valence-electron chi connectivity index (χ3n) is 6.17. The lowest BCUT2D eigenvalue weighted by Gasteiger charge is -2.28. The molecule has 0 unspecified atom stereocenters. The van der Waals surface area contributed by atoms with Gasteiger partial charge in [-0.3, -0.25) is 9.48 Å². The maximum absolute atomic E-state index is 12.9. The molecular weight excluding hydrogens is 404 g/mol. The predicted molar refractivity (Wildman–Crippen MR) is 123 cm³/mol. The van der Waals surface area contributed by atoms with Crippen molar-refractivity contribution in [1.82, 2.24) is 20.1 Å². The molecule has 1 aromatic carbocycles. The molecule has 0 bridgehead atoms. The van der Waals surface area contributed by atoms with Crippen LogP contribution in [0.2, 0.25) is 0 Å². The van der Waals surface area contributed by atoms with E-state index < -0.39 is 6.10 Å². The van der Waals surface area contributed by atoms with Gasteiger partial charge in [-0.15, -0.1) is 0 Å². The highest BCUT2D eigenvalue weighted by atomic mass is 16.5.